The van der Waals surface area contributed by atoms with Crippen molar-refractivity contribution in [2.24, 2.45) is 0 Å². The van der Waals surface area contributed by atoms with Gasteiger partial charge in [-0.2, -0.15) is 0 Å². The molecular weight excluding hydrogens is 256 g/mol. The molecule has 0 aliphatic carbocycles. The summed E-state index contributed by atoms with van der Waals surface area (Å²) in [6.07, 6.45) is 9.95. The predicted octanol–water partition coefficient (Wildman–Crippen LogP) is 5.02. The fourth-order valence-electron chi connectivity index (χ4n) is 2.84. The molecule has 2 heteroatoms. The minimum Gasteiger partial charge on any atom is -0.310 e. The Hall–Kier alpha value is -1.67. The third-order valence-electron chi connectivity index (χ3n) is 3.89. The minimum atomic E-state index is 0.400. The zero-order valence-electron chi connectivity index (χ0n) is 13.0. The molecule has 0 aliphatic rings. The molecule has 1 atom stereocenters. The van der Waals surface area contributed by atoms with E-state index in [1.54, 1.807) is 0 Å². The largest absolute Gasteiger partial charge is 0.310 e. The second kappa shape index (κ2) is 8.58. The summed E-state index contributed by atoms with van der Waals surface area (Å²) in [4.78, 5) is 4.59. The van der Waals surface area contributed by atoms with Gasteiger partial charge in [0.2, 0.25) is 0 Å². The Morgan fingerprint density at radius 1 is 1.19 bits per heavy atom. The van der Waals surface area contributed by atoms with Gasteiger partial charge in [0, 0.05) is 17.6 Å². The highest BCUT2D eigenvalue weighted by Gasteiger charge is 2.13. The fourth-order valence-corrected chi connectivity index (χ4v) is 2.84. The van der Waals surface area contributed by atoms with Crippen LogP contribution in [-0.2, 0) is 0 Å². The van der Waals surface area contributed by atoms with Crippen molar-refractivity contribution in [1.82, 2.24) is 10.3 Å². The van der Waals surface area contributed by atoms with Crippen molar-refractivity contribution in [3.63, 3.8) is 0 Å². The molecule has 1 unspecified atom stereocenters. The standard InChI is InChI=1S/C19H26N2/c1-3-5-6-7-8-14-18(20-4-2)17-13-9-11-16-12-10-15-21-19(16)17/h3,9-13,15,18,20H,1,4-8,14H2,2H3. The molecule has 0 bridgehead atoms. The van der Waals surface area contributed by atoms with Crippen LogP contribution in [0.2, 0.25) is 0 Å². The number of pyridine rings is 1. The molecule has 1 N–H and O–H groups in total. The van der Waals surface area contributed by atoms with E-state index in [0.29, 0.717) is 6.04 Å². The summed E-state index contributed by atoms with van der Waals surface area (Å²) in [5.41, 5.74) is 2.47. The Balaban J connectivity index is 2.10. The molecule has 0 aliphatic heterocycles. The molecule has 0 fully saturated rings. The van der Waals surface area contributed by atoms with Crippen molar-refractivity contribution in [3.8, 4) is 0 Å². The molecule has 112 valence electrons. The maximum Gasteiger partial charge on any atom is 0.0749 e. The van der Waals surface area contributed by atoms with Crippen LogP contribution in [0.3, 0.4) is 0 Å². The Labute approximate surface area is 128 Å². The second-order valence-corrected chi connectivity index (χ2v) is 5.46. The average Bonchev–Trinajstić information content (AvgIpc) is 2.53. The fraction of sp³-hybridized carbons (Fsp3) is 0.421. The molecule has 0 amide bonds. The predicted molar refractivity (Wildman–Crippen MR) is 91.4 cm³/mol. The lowest BCUT2D eigenvalue weighted by Crippen LogP contribution is -2.21. The van der Waals surface area contributed by atoms with Crippen molar-refractivity contribution in [2.75, 3.05) is 6.54 Å². The number of fused-ring (bicyclic) bond motifs is 1. The van der Waals surface area contributed by atoms with Gasteiger partial charge < -0.3 is 5.32 Å². The average molecular weight is 282 g/mol. The SMILES string of the molecule is C=CCCCCCC(NCC)c1cccc2cccnc12. The maximum atomic E-state index is 4.59. The van der Waals surface area contributed by atoms with Crippen LogP contribution in [-0.4, -0.2) is 11.5 Å². The van der Waals surface area contributed by atoms with Gasteiger partial charge >= 0.3 is 0 Å². The number of benzene rings is 1. The summed E-state index contributed by atoms with van der Waals surface area (Å²) in [6, 6.07) is 11.0. The van der Waals surface area contributed by atoms with Crippen molar-refractivity contribution in [1.29, 1.82) is 0 Å². The van der Waals surface area contributed by atoms with E-state index in [2.05, 4.69) is 48.1 Å². The molecule has 21 heavy (non-hydrogen) atoms. The zero-order chi connectivity index (χ0) is 14.9. The maximum absolute atomic E-state index is 4.59. The summed E-state index contributed by atoms with van der Waals surface area (Å²) in [6.45, 7) is 6.94. The van der Waals surface area contributed by atoms with Crippen LogP contribution >= 0.6 is 0 Å². The number of para-hydroxylation sites is 1. The van der Waals surface area contributed by atoms with Gasteiger partial charge in [0.1, 0.15) is 0 Å². The normalized spacial score (nSPS) is 12.4. The van der Waals surface area contributed by atoms with Gasteiger partial charge in [0.15, 0.2) is 0 Å². The molecule has 2 rings (SSSR count). The van der Waals surface area contributed by atoms with Crippen LogP contribution in [0.15, 0.2) is 49.2 Å². The highest BCUT2D eigenvalue weighted by Crippen LogP contribution is 2.26. The first kappa shape index (κ1) is 15.7. The van der Waals surface area contributed by atoms with Crippen molar-refractivity contribution < 1.29 is 0 Å². The second-order valence-electron chi connectivity index (χ2n) is 5.46. The Morgan fingerprint density at radius 2 is 2.05 bits per heavy atom. The summed E-state index contributed by atoms with van der Waals surface area (Å²) >= 11 is 0. The van der Waals surface area contributed by atoms with Crippen molar-refractivity contribution in [3.05, 3.63) is 54.7 Å². The van der Waals surface area contributed by atoms with Crippen molar-refractivity contribution >= 4 is 10.9 Å². The van der Waals surface area contributed by atoms with Gasteiger partial charge in [-0.1, -0.05) is 50.1 Å². The summed E-state index contributed by atoms with van der Waals surface area (Å²) in [5, 5.41) is 4.85. The Morgan fingerprint density at radius 3 is 2.86 bits per heavy atom. The van der Waals surface area contributed by atoms with E-state index in [9.17, 15) is 0 Å². The number of aromatic nitrogens is 1. The van der Waals surface area contributed by atoms with Gasteiger partial charge in [0.25, 0.3) is 0 Å². The molecular formula is C19H26N2. The number of unbranched alkanes of at least 4 members (excludes halogenated alkanes) is 3. The molecule has 1 heterocycles. The number of hydrogen-bond donors (Lipinski definition) is 1. The number of nitrogens with one attached hydrogen (secondary N) is 1. The van der Waals surface area contributed by atoms with Gasteiger partial charge in [-0.15, -0.1) is 6.58 Å². The highest BCUT2D eigenvalue weighted by molar-refractivity contribution is 5.81. The highest BCUT2D eigenvalue weighted by atomic mass is 14.9. The molecule has 0 radical (unpaired) electrons. The van der Waals surface area contributed by atoms with E-state index in [-0.39, 0.29) is 0 Å². The lowest BCUT2D eigenvalue weighted by atomic mass is 9.97. The first-order valence-corrected chi connectivity index (χ1v) is 8.04. The monoisotopic (exact) mass is 282 g/mol. The van der Waals surface area contributed by atoms with Gasteiger partial charge in [0.05, 0.1) is 5.52 Å². The molecule has 1 aromatic carbocycles. The van der Waals surface area contributed by atoms with Gasteiger partial charge in [-0.05, 0) is 37.4 Å². The van der Waals surface area contributed by atoms with Crippen LogP contribution in [0.5, 0.6) is 0 Å². The zero-order valence-corrected chi connectivity index (χ0v) is 13.0. The lowest BCUT2D eigenvalue weighted by Gasteiger charge is -2.19. The first-order chi connectivity index (χ1) is 10.4. The van der Waals surface area contributed by atoms with Crippen LogP contribution in [0.4, 0.5) is 0 Å². The van der Waals surface area contributed by atoms with Gasteiger partial charge in [-0.25, -0.2) is 0 Å². The van der Waals surface area contributed by atoms with Crippen LogP contribution in [0.1, 0.15) is 50.6 Å². The van der Waals surface area contributed by atoms with Crippen LogP contribution < -0.4 is 5.32 Å². The topological polar surface area (TPSA) is 24.9 Å². The van der Waals surface area contributed by atoms with E-state index in [1.807, 2.05) is 18.3 Å². The molecule has 0 saturated carbocycles. The Bertz CT molecular complexity index is 557. The molecule has 0 spiro atoms. The van der Waals surface area contributed by atoms with Crippen LogP contribution in [0, 0.1) is 0 Å². The number of hydrogen-bond acceptors (Lipinski definition) is 2. The van der Waals surface area contributed by atoms with E-state index in [0.717, 1.165) is 18.5 Å². The number of rotatable bonds is 9. The van der Waals surface area contributed by atoms with E-state index < -0.39 is 0 Å². The molecule has 2 aromatic rings. The van der Waals surface area contributed by atoms with E-state index >= 15 is 0 Å². The van der Waals surface area contributed by atoms with E-state index in [4.69, 9.17) is 0 Å². The first-order valence-electron chi connectivity index (χ1n) is 8.04. The third kappa shape index (κ3) is 4.40. The molecule has 0 saturated heterocycles. The third-order valence-corrected chi connectivity index (χ3v) is 3.89. The smallest absolute Gasteiger partial charge is 0.0749 e. The summed E-state index contributed by atoms with van der Waals surface area (Å²) in [7, 11) is 0. The molecule has 2 nitrogen and oxygen atoms in total. The van der Waals surface area contributed by atoms with Crippen molar-refractivity contribution in [2.45, 2.75) is 45.1 Å². The van der Waals surface area contributed by atoms with E-state index in [1.165, 1.54) is 36.6 Å². The molecule has 1 aromatic heterocycles. The summed E-state index contributed by atoms with van der Waals surface area (Å²) < 4.78 is 0. The minimum absolute atomic E-state index is 0.400. The number of allylic oxidation sites excluding steroid dienone is 1. The number of nitrogens with zero attached hydrogens (tertiary/aromatic N) is 1. The lowest BCUT2D eigenvalue weighted by molar-refractivity contribution is 0.486. The Kier molecular flexibility index (Phi) is 6.42. The summed E-state index contributed by atoms with van der Waals surface area (Å²) in [5.74, 6) is 0. The quantitative estimate of drug-likeness (QED) is 0.516. The van der Waals surface area contributed by atoms with Crippen LogP contribution in [0.25, 0.3) is 10.9 Å². The van der Waals surface area contributed by atoms with Gasteiger partial charge in [-0.3, -0.25) is 4.98 Å².